The lowest BCUT2D eigenvalue weighted by Crippen LogP contribution is -2.29. The van der Waals surface area contributed by atoms with E-state index in [1.807, 2.05) is 18.4 Å². The standard InChI is InChI=1S/C19H24N6O4S/c1-13-14(2)25(12-23-13)19-10-18(21-11-22-19)20-7-8-24-30(26,27)17-6-5-15(28-3)9-16(17)29-4/h5-6,9-12,24H,7-8H2,1-4H3,(H,20,21,22). The van der Waals surface area contributed by atoms with Crippen molar-refractivity contribution in [3.8, 4) is 17.3 Å². The number of rotatable bonds is 9. The number of benzene rings is 1. The lowest BCUT2D eigenvalue weighted by atomic mass is 10.3. The largest absolute Gasteiger partial charge is 0.497 e. The van der Waals surface area contributed by atoms with Crippen molar-refractivity contribution in [1.29, 1.82) is 0 Å². The molecular formula is C19H24N6O4S. The Morgan fingerprint density at radius 3 is 2.50 bits per heavy atom. The quantitative estimate of drug-likeness (QED) is 0.490. The second-order valence-corrected chi connectivity index (χ2v) is 8.12. The van der Waals surface area contributed by atoms with Crippen LogP contribution in [0.2, 0.25) is 0 Å². The maximum absolute atomic E-state index is 12.6. The Morgan fingerprint density at radius 2 is 1.83 bits per heavy atom. The molecule has 0 fully saturated rings. The fraction of sp³-hybridized carbons (Fsp3) is 0.316. The van der Waals surface area contributed by atoms with E-state index in [2.05, 4.69) is 25.0 Å². The number of methoxy groups -OCH3 is 2. The van der Waals surface area contributed by atoms with Gasteiger partial charge < -0.3 is 14.8 Å². The smallest absolute Gasteiger partial charge is 0.244 e. The Kier molecular flexibility index (Phi) is 6.53. The molecule has 0 bridgehead atoms. The number of aryl methyl sites for hydroxylation is 1. The first-order chi connectivity index (χ1) is 14.4. The summed E-state index contributed by atoms with van der Waals surface area (Å²) in [6, 6.07) is 6.31. The zero-order valence-corrected chi connectivity index (χ0v) is 18.0. The number of hydrogen-bond donors (Lipinski definition) is 2. The van der Waals surface area contributed by atoms with E-state index in [1.54, 1.807) is 18.5 Å². The van der Waals surface area contributed by atoms with Crippen LogP contribution >= 0.6 is 0 Å². The van der Waals surface area contributed by atoms with Gasteiger partial charge >= 0.3 is 0 Å². The molecule has 3 rings (SSSR count). The number of nitrogens with one attached hydrogen (secondary N) is 2. The van der Waals surface area contributed by atoms with Gasteiger partial charge in [0.15, 0.2) is 0 Å². The van der Waals surface area contributed by atoms with Gasteiger partial charge in [0.2, 0.25) is 10.0 Å². The van der Waals surface area contributed by atoms with Gasteiger partial charge in [-0.1, -0.05) is 0 Å². The Bertz CT molecular complexity index is 1130. The van der Waals surface area contributed by atoms with Gasteiger partial charge in [0.1, 0.15) is 40.7 Å². The fourth-order valence-corrected chi connectivity index (χ4v) is 3.94. The Morgan fingerprint density at radius 1 is 1.03 bits per heavy atom. The first-order valence-electron chi connectivity index (χ1n) is 9.14. The number of anilines is 1. The maximum Gasteiger partial charge on any atom is 0.244 e. The van der Waals surface area contributed by atoms with E-state index < -0.39 is 10.0 Å². The minimum Gasteiger partial charge on any atom is -0.497 e. The van der Waals surface area contributed by atoms with Gasteiger partial charge in [-0.05, 0) is 26.0 Å². The van der Waals surface area contributed by atoms with Crippen molar-refractivity contribution in [3.63, 3.8) is 0 Å². The van der Waals surface area contributed by atoms with E-state index in [1.165, 1.54) is 32.7 Å². The highest BCUT2D eigenvalue weighted by Gasteiger charge is 2.19. The van der Waals surface area contributed by atoms with E-state index in [-0.39, 0.29) is 17.2 Å². The molecule has 0 aliphatic carbocycles. The van der Waals surface area contributed by atoms with Crippen molar-refractivity contribution in [1.82, 2.24) is 24.2 Å². The second-order valence-electron chi connectivity index (χ2n) is 6.39. The molecule has 0 unspecified atom stereocenters. The molecule has 160 valence electrons. The summed E-state index contributed by atoms with van der Waals surface area (Å²) in [7, 11) is -0.843. The molecule has 2 heterocycles. The van der Waals surface area contributed by atoms with Crippen molar-refractivity contribution in [2.24, 2.45) is 0 Å². The summed E-state index contributed by atoms with van der Waals surface area (Å²) < 4.78 is 39.9. The average molecular weight is 433 g/mol. The SMILES string of the molecule is COc1ccc(S(=O)(=O)NCCNc2cc(-n3cnc(C)c3C)ncn2)c(OC)c1. The van der Waals surface area contributed by atoms with Crippen molar-refractivity contribution < 1.29 is 17.9 Å². The van der Waals surface area contributed by atoms with Crippen LogP contribution in [0.5, 0.6) is 11.5 Å². The lowest BCUT2D eigenvalue weighted by molar-refractivity contribution is 0.386. The molecule has 1 aromatic carbocycles. The lowest BCUT2D eigenvalue weighted by Gasteiger charge is -2.12. The molecule has 0 saturated heterocycles. The van der Waals surface area contributed by atoms with Crippen LogP contribution in [0.15, 0.2) is 41.8 Å². The van der Waals surface area contributed by atoms with Crippen LogP contribution in [0.1, 0.15) is 11.4 Å². The Balaban J connectivity index is 1.62. The topological polar surface area (TPSA) is 120 Å². The summed E-state index contributed by atoms with van der Waals surface area (Å²) in [6.07, 6.45) is 3.14. The van der Waals surface area contributed by atoms with Gasteiger partial charge in [-0.25, -0.2) is 28.1 Å². The second kappa shape index (κ2) is 9.09. The highest BCUT2D eigenvalue weighted by atomic mass is 32.2. The van der Waals surface area contributed by atoms with Crippen LogP contribution in [0.4, 0.5) is 5.82 Å². The van der Waals surface area contributed by atoms with E-state index in [4.69, 9.17) is 9.47 Å². The first kappa shape index (κ1) is 21.5. The Hall–Kier alpha value is -3.18. The van der Waals surface area contributed by atoms with Crippen molar-refractivity contribution in [3.05, 3.63) is 48.3 Å². The molecule has 11 heteroatoms. The maximum atomic E-state index is 12.6. The number of aromatic nitrogens is 4. The van der Waals surface area contributed by atoms with Crippen molar-refractivity contribution in [2.45, 2.75) is 18.7 Å². The molecule has 0 radical (unpaired) electrons. The van der Waals surface area contributed by atoms with Gasteiger partial charge in [0.05, 0.1) is 19.9 Å². The summed E-state index contributed by atoms with van der Waals surface area (Å²) in [5.74, 6) is 1.97. The third-order valence-electron chi connectivity index (χ3n) is 4.53. The third kappa shape index (κ3) is 4.69. The number of sulfonamides is 1. The first-order valence-corrected chi connectivity index (χ1v) is 10.6. The minimum atomic E-state index is -3.75. The van der Waals surface area contributed by atoms with E-state index >= 15 is 0 Å². The monoisotopic (exact) mass is 432 g/mol. The molecule has 0 aliphatic heterocycles. The molecule has 2 aromatic heterocycles. The summed E-state index contributed by atoms with van der Waals surface area (Å²) in [6.45, 7) is 4.37. The number of nitrogens with zero attached hydrogens (tertiary/aromatic N) is 4. The van der Waals surface area contributed by atoms with Crippen molar-refractivity contribution >= 4 is 15.8 Å². The van der Waals surface area contributed by atoms with Gasteiger partial charge in [0.25, 0.3) is 0 Å². The molecule has 0 saturated carbocycles. The molecule has 0 aliphatic rings. The highest BCUT2D eigenvalue weighted by Crippen LogP contribution is 2.28. The van der Waals surface area contributed by atoms with Crippen LogP contribution in [0.3, 0.4) is 0 Å². The molecule has 0 atom stereocenters. The van der Waals surface area contributed by atoms with Crippen LogP contribution in [-0.4, -0.2) is 55.2 Å². The third-order valence-corrected chi connectivity index (χ3v) is 6.04. The number of hydrogen-bond acceptors (Lipinski definition) is 8. The predicted octanol–water partition coefficient (Wildman–Crippen LogP) is 1.69. The summed E-state index contributed by atoms with van der Waals surface area (Å²) in [4.78, 5) is 12.7. The fourth-order valence-electron chi connectivity index (χ4n) is 2.76. The normalized spacial score (nSPS) is 11.3. The predicted molar refractivity (Wildman–Crippen MR) is 112 cm³/mol. The van der Waals surface area contributed by atoms with Gasteiger partial charge in [-0.15, -0.1) is 0 Å². The van der Waals surface area contributed by atoms with Gasteiger partial charge in [-0.2, -0.15) is 0 Å². The average Bonchev–Trinajstić information content (AvgIpc) is 3.09. The molecule has 2 N–H and O–H groups in total. The summed E-state index contributed by atoms with van der Waals surface area (Å²) >= 11 is 0. The Labute approximate surface area is 175 Å². The molecule has 0 amide bonds. The zero-order chi connectivity index (χ0) is 21.7. The molecular weight excluding hydrogens is 408 g/mol. The molecule has 3 aromatic rings. The zero-order valence-electron chi connectivity index (χ0n) is 17.2. The van der Waals surface area contributed by atoms with Crippen LogP contribution in [0.25, 0.3) is 5.82 Å². The van der Waals surface area contributed by atoms with Crippen LogP contribution < -0.4 is 19.5 Å². The number of ether oxygens (including phenoxy) is 2. The summed E-state index contributed by atoms with van der Waals surface area (Å²) in [5, 5.41) is 3.09. The molecule has 30 heavy (non-hydrogen) atoms. The summed E-state index contributed by atoms with van der Waals surface area (Å²) in [5.41, 5.74) is 1.91. The molecule has 0 spiro atoms. The van der Waals surface area contributed by atoms with E-state index in [0.717, 1.165) is 11.4 Å². The number of imidazole rings is 1. The van der Waals surface area contributed by atoms with Gasteiger partial charge in [0, 0.05) is 30.9 Å². The van der Waals surface area contributed by atoms with Crippen LogP contribution in [-0.2, 0) is 10.0 Å². The van der Waals surface area contributed by atoms with E-state index in [0.29, 0.717) is 23.9 Å². The molecule has 10 nitrogen and oxygen atoms in total. The minimum absolute atomic E-state index is 0.0427. The van der Waals surface area contributed by atoms with Gasteiger partial charge in [-0.3, -0.25) is 4.57 Å². The highest BCUT2D eigenvalue weighted by molar-refractivity contribution is 7.89. The van der Waals surface area contributed by atoms with E-state index in [9.17, 15) is 8.42 Å². The van der Waals surface area contributed by atoms with Crippen LogP contribution in [0, 0.1) is 13.8 Å². The van der Waals surface area contributed by atoms with Crippen molar-refractivity contribution in [2.75, 3.05) is 32.6 Å².